The van der Waals surface area contributed by atoms with Gasteiger partial charge >= 0.3 is 0 Å². The number of fused-ring (bicyclic) bond motifs is 1. The zero-order valence-electron chi connectivity index (χ0n) is 15.7. The summed E-state index contributed by atoms with van der Waals surface area (Å²) < 4.78 is 11.7. The van der Waals surface area contributed by atoms with Crippen LogP contribution in [-0.4, -0.2) is 25.7 Å². The quantitative estimate of drug-likeness (QED) is 0.618. The predicted octanol–water partition coefficient (Wildman–Crippen LogP) is 3.27. The first-order valence-corrected chi connectivity index (χ1v) is 9.13. The fourth-order valence-electron chi connectivity index (χ4n) is 3.09. The second-order valence-electron chi connectivity index (χ2n) is 6.40. The Labute approximate surface area is 155 Å². The monoisotopic (exact) mass is 353 g/mol. The van der Waals surface area contributed by atoms with Crippen LogP contribution in [0.5, 0.6) is 11.5 Å². The molecule has 0 bridgehead atoms. The summed E-state index contributed by atoms with van der Waals surface area (Å²) in [6.45, 7) is 6.08. The van der Waals surface area contributed by atoms with Crippen LogP contribution in [0.4, 0.5) is 0 Å². The van der Waals surface area contributed by atoms with E-state index in [9.17, 15) is 0 Å². The van der Waals surface area contributed by atoms with Gasteiger partial charge < -0.3 is 20.1 Å². The Morgan fingerprint density at radius 1 is 1.19 bits per heavy atom. The molecular weight excluding hydrogens is 326 g/mol. The molecule has 138 valence electrons. The van der Waals surface area contributed by atoms with Gasteiger partial charge in [0.05, 0.1) is 6.61 Å². The van der Waals surface area contributed by atoms with Crippen LogP contribution in [0.2, 0.25) is 0 Å². The molecule has 26 heavy (non-hydrogen) atoms. The Bertz CT molecular complexity index is 759. The van der Waals surface area contributed by atoms with Gasteiger partial charge in [-0.1, -0.05) is 30.3 Å². The molecule has 0 saturated carbocycles. The number of rotatable bonds is 6. The topological polar surface area (TPSA) is 54.9 Å². The van der Waals surface area contributed by atoms with Crippen LogP contribution in [0.25, 0.3) is 0 Å². The van der Waals surface area contributed by atoms with Crippen LogP contribution in [0.15, 0.2) is 47.5 Å². The van der Waals surface area contributed by atoms with Gasteiger partial charge in [-0.05, 0) is 31.5 Å². The van der Waals surface area contributed by atoms with Crippen molar-refractivity contribution >= 4 is 5.96 Å². The molecule has 5 heteroatoms. The van der Waals surface area contributed by atoms with Crippen LogP contribution in [0.3, 0.4) is 0 Å². The lowest BCUT2D eigenvalue weighted by atomic mass is 10.1. The molecule has 0 radical (unpaired) electrons. The van der Waals surface area contributed by atoms with Crippen LogP contribution in [0, 0.1) is 0 Å². The summed E-state index contributed by atoms with van der Waals surface area (Å²) >= 11 is 0. The fraction of sp³-hybridized carbons (Fsp3) is 0.381. The van der Waals surface area contributed by atoms with Crippen molar-refractivity contribution in [1.29, 1.82) is 0 Å². The van der Waals surface area contributed by atoms with E-state index in [1.54, 1.807) is 7.05 Å². The van der Waals surface area contributed by atoms with Crippen molar-refractivity contribution in [3.63, 3.8) is 0 Å². The summed E-state index contributed by atoms with van der Waals surface area (Å²) in [6, 6.07) is 14.5. The summed E-state index contributed by atoms with van der Waals surface area (Å²) in [6.07, 6.45) is 1.16. The number of nitrogens with zero attached hydrogens (tertiary/aromatic N) is 1. The molecule has 1 heterocycles. The van der Waals surface area contributed by atoms with Crippen LogP contribution < -0.4 is 20.1 Å². The first-order chi connectivity index (χ1) is 12.7. The second-order valence-corrected chi connectivity index (χ2v) is 6.40. The van der Waals surface area contributed by atoms with Crippen LogP contribution >= 0.6 is 0 Å². The number of benzene rings is 2. The molecule has 1 atom stereocenters. The third-order valence-corrected chi connectivity index (χ3v) is 4.35. The van der Waals surface area contributed by atoms with Crippen molar-refractivity contribution in [3.05, 3.63) is 59.2 Å². The van der Waals surface area contributed by atoms with Gasteiger partial charge in [-0.25, -0.2) is 0 Å². The normalized spacial score (nSPS) is 16.0. The van der Waals surface area contributed by atoms with Crippen molar-refractivity contribution in [2.75, 3.05) is 13.7 Å². The SMILES string of the molecule is CCOc1cc2c(cc1CNC(=NC)NCc1ccccc1)OC(C)C2. The van der Waals surface area contributed by atoms with Gasteiger partial charge in [0, 0.05) is 37.7 Å². The number of guanidine groups is 1. The summed E-state index contributed by atoms with van der Waals surface area (Å²) in [5.74, 6) is 2.63. The minimum Gasteiger partial charge on any atom is -0.494 e. The third-order valence-electron chi connectivity index (χ3n) is 4.35. The Morgan fingerprint density at radius 2 is 1.96 bits per heavy atom. The van der Waals surface area contributed by atoms with E-state index in [0.29, 0.717) is 13.2 Å². The molecule has 2 aromatic carbocycles. The Hall–Kier alpha value is -2.69. The van der Waals surface area contributed by atoms with Crippen molar-refractivity contribution in [2.45, 2.75) is 39.5 Å². The molecule has 0 amide bonds. The van der Waals surface area contributed by atoms with Gasteiger partial charge in [0.2, 0.25) is 0 Å². The van der Waals surface area contributed by atoms with E-state index >= 15 is 0 Å². The Balaban J connectivity index is 1.65. The molecule has 0 aliphatic carbocycles. The summed E-state index contributed by atoms with van der Waals surface area (Å²) in [4.78, 5) is 4.30. The van der Waals surface area contributed by atoms with Gasteiger partial charge in [-0.3, -0.25) is 4.99 Å². The Morgan fingerprint density at radius 3 is 2.69 bits per heavy atom. The van der Waals surface area contributed by atoms with Crippen LogP contribution in [0.1, 0.15) is 30.5 Å². The number of hydrogen-bond donors (Lipinski definition) is 2. The summed E-state index contributed by atoms with van der Waals surface area (Å²) in [5, 5.41) is 6.69. The Kier molecular flexibility index (Phi) is 6.00. The first kappa shape index (κ1) is 18.1. The largest absolute Gasteiger partial charge is 0.494 e. The molecule has 5 nitrogen and oxygen atoms in total. The van der Waals surface area contributed by atoms with E-state index < -0.39 is 0 Å². The smallest absolute Gasteiger partial charge is 0.191 e. The van der Waals surface area contributed by atoms with Crippen molar-refractivity contribution in [3.8, 4) is 11.5 Å². The minimum absolute atomic E-state index is 0.225. The van der Waals surface area contributed by atoms with E-state index in [1.807, 2.05) is 25.1 Å². The molecule has 2 aromatic rings. The highest BCUT2D eigenvalue weighted by Crippen LogP contribution is 2.35. The van der Waals surface area contributed by atoms with Gasteiger partial charge in [-0.2, -0.15) is 0 Å². The van der Waals surface area contributed by atoms with Gasteiger partial charge in [0.1, 0.15) is 17.6 Å². The average Bonchev–Trinajstić information content (AvgIpc) is 3.01. The maximum atomic E-state index is 5.89. The van der Waals surface area contributed by atoms with Crippen molar-refractivity contribution < 1.29 is 9.47 Å². The zero-order valence-corrected chi connectivity index (χ0v) is 15.7. The molecule has 3 rings (SSSR count). The molecule has 2 N–H and O–H groups in total. The van der Waals surface area contributed by atoms with Crippen LogP contribution in [-0.2, 0) is 19.5 Å². The van der Waals surface area contributed by atoms with Gasteiger partial charge in [0.25, 0.3) is 0 Å². The summed E-state index contributed by atoms with van der Waals surface area (Å²) in [7, 11) is 1.78. The van der Waals surface area contributed by atoms with E-state index in [1.165, 1.54) is 11.1 Å². The number of nitrogens with one attached hydrogen (secondary N) is 2. The molecule has 1 aliphatic rings. The second kappa shape index (κ2) is 8.61. The van der Waals surface area contributed by atoms with Crippen molar-refractivity contribution in [1.82, 2.24) is 10.6 Å². The zero-order chi connectivity index (χ0) is 18.4. The third kappa shape index (κ3) is 4.48. The molecule has 1 aliphatic heterocycles. The fourth-order valence-corrected chi connectivity index (χ4v) is 3.09. The minimum atomic E-state index is 0.225. The highest BCUT2D eigenvalue weighted by atomic mass is 16.5. The molecule has 0 spiro atoms. The molecule has 0 aromatic heterocycles. The van der Waals surface area contributed by atoms with E-state index in [0.717, 1.165) is 36.0 Å². The lowest BCUT2D eigenvalue weighted by Crippen LogP contribution is -2.36. The lowest BCUT2D eigenvalue weighted by Gasteiger charge is -2.15. The van der Waals surface area contributed by atoms with Gasteiger partial charge in [0.15, 0.2) is 5.96 Å². The number of hydrogen-bond acceptors (Lipinski definition) is 3. The molecule has 0 saturated heterocycles. The van der Waals surface area contributed by atoms with E-state index in [2.05, 4.69) is 46.8 Å². The predicted molar refractivity (Wildman–Crippen MR) is 105 cm³/mol. The summed E-state index contributed by atoms with van der Waals surface area (Å²) in [5.41, 5.74) is 3.50. The highest BCUT2D eigenvalue weighted by molar-refractivity contribution is 5.79. The van der Waals surface area contributed by atoms with Gasteiger partial charge in [-0.15, -0.1) is 0 Å². The van der Waals surface area contributed by atoms with E-state index in [-0.39, 0.29) is 6.10 Å². The molecule has 1 unspecified atom stereocenters. The van der Waals surface area contributed by atoms with E-state index in [4.69, 9.17) is 9.47 Å². The first-order valence-electron chi connectivity index (χ1n) is 9.13. The maximum Gasteiger partial charge on any atom is 0.191 e. The molecular formula is C21H27N3O2. The molecule has 0 fully saturated rings. The average molecular weight is 353 g/mol. The number of aliphatic imine (C=N–C) groups is 1. The number of ether oxygens (including phenoxy) is 2. The lowest BCUT2D eigenvalue weighted by molar-refractivity contribution is 0.254. The van der Waals surface area contributed by atoms with Crippen molar-refractivity contribution in [2.24, 2.45) is 4.99 Å². The maximum absolute atomic E-state index is 5.89. The highest BCUT2D eigenvalue weighted by Gasteiger charge is 2.21. The standard InChI is InChI=1S/C21H27N3O2/c1-4-25-19-11-17-10-15(2)26-20(17)12-18(19)14-24-21(22-3)23-13-16-8-6-5-7-9-16/h5-9,11-12,15H,4,10,13-14H2,1-3H3,(H2,22,23,24).